The lowest BCUT2D eigenvalue weighted by molar-refractivity contribution is 0.326. The summed E-state index contributed by atoms with van der Waals surface area (Å²) in [6, 6.07) is 15.0. The molecule has 0 aliphatic carbocycles. The Morgan fingerprint density at radius 3 is 2.61 bits per heavy atom. The normalized spacial score (nSPS) is 12.5. The minimum absolute atomic E-state index is 0.138. The zero-order valence-corrected chi connectivity index (χ0v) is 13.3. The molecule has 0 amide bonds. The number of hydrogen-bond donors (Lipinski definition) is 0. The smallest absolute Gasteiger partial charge is 0.284 e. The van der Waals surface area contributed by atoms with Crippen LogP contribution in [0.4, 0.5) is 0 Å². The van der Waals surface area contributed by atoms with E-state index in [1.165, 1.54) is 18.2 Å². The highest BCUT2D eigenvalue weighted by molar-refractivity contribution is 7.90. The lowest BCUT2D eigenvalue weighted by Gasteiger charge is -2.06. The average Bonchev–Trinajstić information content (AvgIpc) is 2.56. The number of fused-ring (bicyclic) bond motifs is 1. The lowest BCUT2D eigenvalue weighted by atomic mass is 10.4. The van der Waals surface area contributed by atoms with E-state index in [1.54, 1.807) is 40.9 Å². The summed E-state index contributed by atoms with van der Waals surface area (Å²) < 4.78 is 35.9. The maximum Gasteiger partial charge on any atom is 0.284 e. The Balaban J connectivity index is 2.26. The Morgan fingerprint density at radius 2 is 1.87 bits per heavy atom. The number of aromatic nitrogens is 2. The Kier molecular flexibility index (Phi) is 4.12. The minimum atomic E-state index is -3.82. The van der Waals surface area contributed by atoms with Crippen molar-refractivity contribution in [1.82, 2.24) is 9.38 Å². The number of ether oxygens (including phenoxy) is 1. The summed E-state index contributed by atoms with van der Waals surface area (Å²) in [5.74, 6) is 0.334. The fraction of sp³-hybridized carbons (Fsp3) is 0.125. The minimum Gasteiger partial charge on any atom is -0.478 e. The van der Waals surface area contributed by atoms with E-state index in [-0.39, 0.29) is 10.4 Å². The van der Waals surface area contributed by atoms with Crippen molar-refractivity contribution in [3.05, 3.63) is 66.3 Å². The van der Waals surface area contributed by atoms with Gasteiger partial charge in [-0.2, -0.15) is 13.4 Å². The molecule has 2 aromatic heterocycles. The molecule has 0 bridgehead atoms. The van der Waals surface area contributed by atoms with Crippen LogP contribution in [0.3, 0.4) is 0 Å². The first kappa shape index (κ1) is 15.2. The molecule has 0 N–H and O–H groups in total. The number of hydrogen-bond acceptors (Lipinski definition) is 4. The average molecular weight is 329 g/mol. The molecule has 7 heteroatoms. The maximum atomic E-state index is 12.5. The van der Waals surface area contributed by atoms with Gasteiger partial charge in [-0.05, 0) is 31.2 Å². The van der Waals surface area contributed by atoms with Crippen LogP contribution < -0.4 is 10.2 Å². The third-order valence-corrected chi connectivity index (χ3v) is 4.40. The van der Waals surface area contributed by atoms with Crippen molar-refractivity contribution in [2.45, 2.75) is 11.8 Å². The van der Waals surface area contributed by atoms with Gasteiger partial charge in [-0.3, -0.25) is 4.40 Å². The predicted octanol–water partition coefficient (Wildman–Crippen LogP) is 2.02. The van der Waals surface area contributed by atoms with E-state index in [2.05, 4.69) is 9.38 Å². The van der Waals surface area contributed by atoms with E-state index < -0.39 is 10.0 Å². The second kappa shape index (κ2) is 6.21. The lowest BCUT2D eigenvalue weighted by Crippen LogP contribution is -2.18. The van der Waals surface area contributed by atoms with E-state index in [0.717, 1.165) is 0 Å². The van der Waals surface area contributed by atoms with Crippen molar-refractivity contribution < 1.29 is 13.2 Å². The van der Waals surface area contributed by atoms with Gasteiger partial charge < -0.3 is 4.74 Å². The third-order valence-electron chi connectivity index (χ3n) is 3.11. The molecule has 0 aliphatic heterocycles. The molecule has 3 rings (SSSR count). The van der Waals surface area contributed by atoms with Crippen molar-refractivity contribution in [3.63, 3.8) is 0 Å². The van der Waals surface area contributed by atoms with Gasteiger partial charge in [0.25, 0.3) is 10.0 Å². The standard InChI is InChI=1S/C16H15N3O3S/c1-2-22-16-12-15(19-11-7-6-10-14(19)17-16)18-23(20,21)13-8-4-3-5-9-13/h3-12H,2H2,1H3. The van der Waals surface area contributed by atoms with Crippen LogP contribution in [0.25, 0.3) is 5.65 Å². The number of rotatable bonds is 4. The van der Waals surface area contributed by atoms with Gasteiger partial charge in [0.2, 0.25) is 5.88 Å². The van der Waals surface area contributed by atoms with Gasteiger partial charge >= 0.3 is 0 Å². The van der Waals surface area contributed by atoms with Crippen LogP contribution in [0, 0.1) is 0 Å². The molecule has 0 saturated heterocycles. The molecule has 23 heavy (non-hydrogen) atoms. The summed E-state index contributed by atoms with van der Waals surface area (Å²) in [6.45, 7) is 2.27. The molecule has 0 radical (unpaired) electrons. The van der Waals surface area contributed by atoms with E-state index in [0.29, 0.717) is 18.1 Å². The van der Waals surface area contributed by atoms with Crippen LogP contribution in [0.1, 0.15) is 6.92 Å². The number of nitrogens with zero attached hydrogens (tertiary/aromatic N) is 3. The van der Waals surface area contributed by atoms with E-state index in [4.69, 9.17) is 4.74 Å². The summed E-state index contributed by atoms with van der Waals surface area (Å²) in [6.07, 6.45) is 1.71. The summed E-state index contributed by atoms with van der Waals surface area (Å²) in [4.78, 5) is 4.45. The second-order valence-electron chi connectivity index (χ2n) is 4.69. The molecule has 2 heterocycles. The molecule has 0 atom stereocenters. The molecule has 3 aromatic rings. The van der Waals surface area contributed by atoms with Crippen molar-refractivity contribution in [2.75, 3.05) is 6.61 Å². The first-order chi connectivity index (χ1) is 11.1. The van der Waals surface area contributed by atoms with Crippen LogP contribution in [-0.2, 0) is 10.0 Å². The van der Waals surface area contributed by atoms with E-state index in [9.17, 15) is 8.42 Å². The SMILES string of the molecule is CCOc1cc(=NS(=O)(=O)c2ccccc2)n2ccccc2n1. The van der Waals surface area contributed by atoms with Gasteiger partial charge in [0.15, 0.2) is 5.49 Å². The largest absolute Gasteiger partial charge is 0.478 e. The topological polar surface area (TPSA) is 73.0 Å². The van der Waals surface area contributed by atoms with Gasteiger partial charge in [-0.1, -0.05) is 24.3 Å². The highest BCUT2D eigenvalue weighted by atomic mass is 32.2. The quantitative estimate of drug-likeness (QED) is 0.734. The first-order valence-electron chi connectivity index (χ1n) is 7.07. The molecule has 118 valence electrons. The molecule has 0 unspecified atom stereocenters. The Labute approximate surface area is 133 Å². The number of sulfonamides is 1. The van der Waals surface area contributed by atoms with Crippen molar-refractivity contribution in [2.24, 2.45) is 4.40 Å². The zero-order valence-electron chi connectivity index (χ0n) is 12.5. The van der Waals surface area contributed by atoms with Gasteiger partial charge in [0, 0.05) is 12.3 Å². The summed E-state index contributed by atoms with van der Waals surface area (Å²) in [5.41, 5.74) is 0.795. The van der Waals surface area contributed by atoms with Crippen molar-refractivity contribution in [1.29, 1.82) is 0 Å². The number of pyridine rings is 1. The van der Waals surface area contributed by atoms with Crippen LogP contribution >= 0.6 is 0 Å². The van der Waals surface area contributed by atoms with E-state index in [1.807, 2.05) is 13.0 Å². The molecule has 1 aromatic carbocycles. The first-order valence-corrected chi connectivity index (χ1v) is 8.51. The fourth-order valence-electron chi connectivity index (χ4n) is 2.10. The fourth-order valence-corrected chi connectivity index (χ4v) is 3.10. The van der Waals surface area contributed by atoms with Crippen molar-refractivity contribution >= 4 is 15.7 Å². The van der Waals surface area contributed by atoms with Gasteiger partial charge in [-0.25, -0.2) is 0 Å². The molecule has 0 fully saturated rings. The second-order valence-corrected chi connectivity index (χ2v) is 6.30. The summed E-state index contributed by atoms with van der Waals surface area (Å²) in [5, 5.41) is 0. The molecular weight excluding hydrogens is 314 g/mol. The van der Waals surface area contributed by atoms with Crippen molar-refractivity contribution in [3.8, 4) is 5.88 Å². The molecule has 6 nitrogen and oxygen atoms in total. The summed E-state index contributed by atoms with van der Waals surface area (Å²) in [7, 11) is -3.82. The molecule has 0 aliphatic rings. The Bertz CT molecular complexity index is 996. The monoisotopic (exact) mass is 329 g/mol. The van der Waals surface area contributed by atoms with Crippen LogP contribution in [-0.4, -0.2) is 24.4 Å². The maximum absolute atomic E-state index is 12.5. The van der Waals surface area contributed by atoms with E-state index >= 15 is 0 Å². The molecular formula is C16H15N3O3S. The van der Waals surface area contributed by atoms with Gasteiger partial charge in [-0.15, -0.1) is 4.40 Å². The van der Waals surface area contributed by atoms with Crippen LogP contribution in [0.5, 0.6) is 5.88 Å². The predicted molar refractivity (Wildman–Crippen MR) is 85.6 cm³/mol. The van der Waals surface area contributed by atoms with Gasteiger partial charge in [0.1, 0.15) is 5.65 Å². The molecule has 0 spiro atoms. The summed E-state index contributed by atoms with van der Waals surface area (Å²) >= 11 is 0. The Morgan fingerprint density at radius 1 is 1.13 bits per heavy atom. The molecule has 0 saturated carbocycles. The highest BCUT2D eigenvalue weighted by Gasteiger charge is 2.12. The number of benzene rings is 1. The van der Waals surface area contributed by atoms with Gasteiger partial charge in [0.05, 0.1) is 11.5 Å². The third kappa shape index (κ3) is 3.24. The van der Waals surface area contributed by atoms with Crippen LogP contribution in [0.15, 0.2) is 70.1 Å². The zero-order chi connectivity index (χ0) is 16.3. The van der Waals surface area contributed by atoms with Crippen LogP contribution in [0.2, 0.25) is 0 Å². The Hall–Kier alpha value is -2.67. The highest BCUT2D eigenvalue weighted by Crippen LogP contribution is 2.11.